The summed E-state index contributed by atoms with van der Waals surface area (Å²) >= 11 is 0. The second-order valence-electron chi connectivity index (χ2n) is 7.28. The van der Waals surface area contributed by atoms with Crippen LogP contribution < -0.4 is 14.8 Å². The summed E-state index contributed by atoms with van der Waals surface area (Å²) in [5.74, 6) is -0.611. The van der Waals surface area contributed by atoms with Crippen molar-refractivity contribution in [3.63, 3.8) is 0 Å². The van der Waals surface area contributed by atoms with Gasteiger partial charge < -0.3 is 14.8 Å². The van der Waals surface area contributed by atoms with E-state index in [0.717, 1.165) is 12.1 Å². The predicted molar refractivity (Wildman–Crippen MR) is 111 cm³/mol. The number of nitrogens with one attached hydrogen (secondary N) is 1. The van der Waals surface area contributed by atoms with Gasteiger partial charge >= 0.3 is 6.18 Å². The van der Waals surface area contributed by atoms with E-state index < -0.39 is 33.6 Å². The Kier molecular flexibility index (Phi) is 6.99. The van der Waals surface area contributed by atoms with Gasteiger partial charge in [-0.3, -0.25) is 4.79 Å². The summed E-state index contributed by atoms with van der Waals surface area (Å²) in [6.07, 6.45) is -3.56. The zero-order valence-corrected chi connectivity index (χ0v) is 18.3. The zero-order valence-electron chi connectivity index (χ0n) is 17.5. The molecule has 1 atom stereocenters. The predicted octanol–water partition coefficient (Wildman–Crippen LogP) is 3.76. The largest absolute Gasteiger partial charge is 0.497 e. The van der Waals surface area contributed by atoms with Crippen LogP contribution in [-0.2, 0) is 21.0 Å². The van der Waals surface area contributed by atoms with Crippen LogP contribution in [-0.4, -0.2) is 45.9 Å². The van der Waals surface area contributed by atoms with Gasteiger partial charge in [0, 0.05) is 24.8 Å². The van der Waals surface area contributed by atoms with Crippen LogP contribution in [0.3, 0.4) is 0 Å². The quantitative estimate of drug-likeness (QED) is 0.692. The lowest BCUT2D eigenvalue weighted by Gasteiger charge is -2.31. The number of halogens is 3. The van der Waals surface area contributed by atoms with Crippen LogP contribution in [0.4, 0.5) is 18.9 Å². The minimum atomic E-state index is -4.47. The summed E-state index contributed by atoms with van der Waals surface area (Å²) in [6.45, 7) is 0.169. The normalized spacial score (nSPS) is 17.6. The molecule has 0 saturated carbocycles. The van der Waals surface area contributed by atoms with Gasteiger partial charge in [-0.25, -0.2) is 8.42 Å². The number of rotatable bonds is 6. The van der Waals surface area contributed by atoms with Gasteiger partial charge in [-0.1, -0.05) is 0 Å². The van der Waals surface area contributed by atoms with Gasteiger partial charge in [0.15, 0.2) is 0 Å². The number of anilines is 1. The Balaban J connectivity index is 1.75. The van der Waals surface area contributed by atoms with Crippen LogP contribution in [0.2, 0.25) is 0 Å². The zero-order chi connectivity index (χ0) is 23.5. The first-order chi connectivity index (χ1) is 15.1. The van der Waals surface area contributed by atoms with E-state index in [0.29, 0.717) is 18.6 Å². The molecule has 0 bridgehead atoms. The monoisotopic (exact) mass is 472 g/mol. The van der Waals surface area contributed by atoms with E-state index in [2.05, 4.69) is 5.32 Å². The minimum absolute atomic E-state index is 0.0604. The van der Waals surface area contributed by atoms with Gasteiger partial charge in [-0.15, -0.1) is 0 Å². The molecule has 2 aromatic rings. The van der Waals surface area contributed by atoms with Crippen LogP contribution in [0, 0.1) is 5.92 Å². The van der Waals surface area contributed by atoms with Crippen molar-refractivity contribution in [1.82, 2.24) is 4.31 Å². The third-order valence-corrected chi connectivity index (χ3v) is 7.11. The molecule has 11 heteroatoms. The maximum Gasteiger partial charge on any atom is 0.416 e. The Morgan fingerprint density at radius 3 is 2.38 bits per heavy atom. The lowest BCUT2D eigenvalue weighted by Crippen LogP contribution is -2.43. The fraction of sp³-hybridized carbons (Fsp3) is 0.381. The van der Waals surface area contributed by atoms with Gasteiger partial charge in [0.05, 0.1) is 25.7 Å². The highest BCUT2D eigenvalue weighted by Gasteiger charge is 2.35. The summed E-state index contributed by atoms with van der Waals surface area (Å²) in [5.41, 5.74) is -0.616. The highest BCUT2D eigenvalue weighted by Crippen LogP contribution is 2.33. The number of alkyl halides is 3. The first-order valence-corrected chi connectivity index (χ1v) is 11.2. The summed E-state index contributed by atoms with van der Waals surface area (Å²) in [7, 11) is -1.20. The summed E-state index contributed by atoms with van der Waals surface area (Å²) < 4.78 is 76.1. The van der Waals surface area contributed by atoms with E-state index in [-0.39, 0.29) is 29.4 Å². The fourth-order valence-electron chi connectivity index (χ4n) is 3.49. The van der Waals surface area contributed by atoms with Crippen LogP contribution in [0.25, 0.3) is 0 Å². The molecule has 1 amide bonds. The average molecular weight is 472 g/mol. The third-order valence-electron chi connectivity index (χ3n) is 5.22. The Morgan fingerprint density at radius 2 is 1.78 bits per heavy atom. The minimum Gasteiger partial charge on any atom is -0.497 e. The Morgan fingerprint density at radius 1 is 1.09 bits per heavy atom. The second kappa shape index (κ2) is 9.37. The van der Waals surface area contributed by atoms with Crippen molar-refractivity contribution in [2.45, 2.75) is 23.9 Å². The molecule has 1 aliphatic heterocycles. The van der Waals surface area contributed by atoms with Crippen molar-refractivity contribution >= 4 is 21.6 Å². The Bertz CT molecular complexity index is 1070. The molecular formula is C21H23F3N2O5S. The van der Waals surface area contributed by atoms with E-state index in [1.807, 2.05) is 0 Å². The molecule has 0 aromatic heterocycles. The van der Waals surface area contributed by atoms with E-state index in [9.17, 15) is 26.4 Å². The number of carbonyl (C=O) groups is 1. The molecule has 1 N–H and O–H groups in total. The SMILES string of the molecule is COc1ccc(OC)c(S(=O)(=O)N2CCC[C@H](C(=O)Nc3ccc(C(F)(F)F)cc3)C2)c1. The maximum atomic E-state index is 13.2. The lowest BCUT2D eigenvalue weighted by molar-refractivity contribution is -0.137. The third kappa shape index (κ3) is 5.16. The molecule has 0 unspecified atom stereocenters. The van der Waals surface area contributed by atoms with Gasteiger partial charge in [-0.2, -0.15) is 17.5 Å². The number of methoxy groups -OCH3 is 2. The van der Waals surface area contributed by atoms with Gasteiger partial charge in [0.2, 0.25) is 15.9 Å². The lowest BCUT2D eigenvalue weighted by atomic mass is 9.98. The van der Waals surface area contributed by atoms with E-state index in [4.69, 9.17) is 9.47 Å². The van der Waals surface area contributed by atoms with Crippen molar-refractivity contribution in [3.05, 3.63) is 48.0 Å². The van der Waals surface area contributed by atoms with Crippen molar-refractivity contribution < 1.29 is 35.9 Å². The molecular weight excluding hydrogens is 449 g/mol. The van der Waals surface area contributed by atoms with Crippen molar-refractivity contribution in [2.75, 3.05) is 32.6 Å². The molecule has 3 rings (SSSR count). The number of hydrogen-bond donors (Lipinski definition) is 1. The van der Waals surface area contributed by atoms with Crippen LogP contribution in [0.15, 0.2) is 47.4 Å². The number of ether oxygens (including phenoxy) is 2. The fourth-order valence-corrected chi connectivity index (χ4v) is 5.18. The molecule has 1 aliphatic rings. The molecule has 2 aromatic carbocycles. The first-order valence-electron chi connectivity index (χ1n) is 9.76. The number of hydrogen-bond acceptors (Lipinski definition) is 5. The molecule has 0 radical (unpaired) electrons. The summed E-state index contributed by atoms with van der Waals surface area (Å²) in [4.78, 5) is 12.6. The van der Waals surface area contributed by atoms with E-state index in [1.54, 1.807) is 6.07 Å². The molecule has 1 saturated heterocycles. The number of nitrogens with zero attached hydrogens (tertiary/aromatic N) is 1. The number of carbonyl (C=O) groups excluding carboxylic acids is 1. The molecule has 32 heavy (non-hydrogen) atoms. The smallest absolute Gasteiger partial charge is 0.416 e. The van der Waals surface area contributed by atoms with Crippen molar-refractivity contribution in [2.24, 2.45) is 5.92 Å². The van der Waals surface area contributed by atoms with E-state index in [1.165, 1.54) is 42.8 Å². The number of benzene rings is 2. The standard InChI is InChI=1S/C21H23F3N2O5S/c1-30-17-9-10-18(31-2)19(12-17)32(28,29)26-11-3-4-14(13-26)20(27)25-16-7-5-15(6-8-16)21(22,23)24/h5-10,12,14H,3-4,11,13H2,1-2H3,(H,25,27)/t14-/m0/s1. The van der Waals surface area contributed by atoms with Crippen molar-refractivity contribution in [3.8, 4) is 11.5 Å². The van der Waals surface area contributed by atoms with Gasteiger partial charge in [0.1, 0.15) is 16.4 Å². The topological polar surface area (TPSA) is 84.9 Å². The molecule has 0 spiro atoms. The summed E-state index contributed by atoms with van der Waals surface area (Å²) in [6, 6.07) is 8.52. The van der Waals surface area contributed by atoms with Gasteiger partial charge in [-0.05, 0) is 49.2 Å². The number of amides is 1. The van der Waals surface area contributed by atoms with Crippen LogP contribution in [0.1, 0.15) is 18.4 Å². The average Bonchev–Trinajstić information content (AvgIpc) is 2.78. The maximum absolute atomic E-state index is 13.2. The molecule has 0 aliphatic carbocycles. The number of sulfonamides is 1. The summed E-state index contributed by atoms with van der Waals surface area (Å²) in [5, 5.41) is 2.57. The Labute approximate surface area is 184 Å². The van der Waals surface area contributed by atoms with Gasteiger partial charge in [0.25, 0.3) is 0 Å². The highest BCUT2D eigenvalue weighted by molar-refractivity contribution is 7.89. The van der Waals surface area contributed by atoms with Crippen molar-refractivity contribution in [1.29, 1.82) is 0 Å². The molecule has 7 nitrogen and oxygen atoms in total. The van der Waals surface area contributed by atoms with Crippen LogP contribution in [0.5, 0.6) is 11.5 Å². The highest BCUT2D eigenvalue weighted by atomic mass is 32.2. The Hall–Kier alpha value is -2.79. The first kappa shape index (κ1) is 23.9. The molecule has 1 fully saturated rings. The molecule has 174 valence electrons. The van der Waals surface area contributed by atoms with E-state index >= 15 is 0 Å². The second-order valence-corrected chi connectivity index (χ2v) is 9.19. The number of piperidine rings is 1. The van der Waals surface area contributed by atoms with Crippen LogP contribution >= 0.6 is 0 Å². The molecule has 1 heterocycles.